The van der Waals surface area contributed by atoms with Crippen molar-refractivity contribution in [1.82, 2.24) is 15.6 Å². The van der Waals surface area contributed by atoms with Crippen LogP contribution in [-0.4, -0.2) is 41.4 Å². The highest BCUT2D eigenvalue weighted by Crippen LogP contribution is 2.33. The van der Waals surface area contributed by atoms with E-state index in [9.17, 15) is 9.59 Å². The van der Waals surface area contributed by atoms with E-state index in [4.69, 9.17) is 14.3 Å². The molecule has 9 nitrogen and oxygen atoms in total. The Morgan fingerprint density at radius 3 is 2.60 bits per heavy atom. The van der Waals surface area contributed by atoms with E-state index in [1.807, 2.05) is 54.6 Å². The van der Waals surface area contributed by atoms with Gasteiger partial charge in [-0.25, -0.2) is 0 Å². The topological polar surface area (TPSA) is 111 Å². The van der Waals surface area contributed by atoms with Gasteiger partial charge in [0.2, 0.25) is 18.8 Å². The second-order valence-electron chi connectivity index (χ2n) is 8.23. The minimum atomic E-state index is -0.832. The van der Waals surface area contributed by atoms with E-state index in [-0.39, 0.29) is 19.1 Å². The van der Waals surface area contributed by atoms with Gasteiger partial charge < -0.3 is 24.9 Å². The predicted octanol–water partition coefficient (Wildman–Crippen LogP) is 2.35. The van der Waals surface area contributed by atoms with E-state index in [1.54, 1.807) is 18.5 Å². The second kappa shape index (κ2) is 10.3. The predicted molar refractivity (Wildman–Crippen MR) is 127 cm³/mol. The van der Waals surface area contributed by atoms with Gasteiger partial charge in [0.15, 0.2) is 11.5 Å². The van der Waals surface area contributed by atoms with E-state index < -0.39 is 18.1 Å². The van der Waals surface area contributed by atoms with Crippen molar-refractivity contribution in [2.24, 2.45) is 5.16 Å². The summed E-state index contributed by atoms with van der Waals surface area (Å²) in [5.74, 6) is 0.620. The maximum atomic E-state index is 13.0. The molecule has 9 heteroatoms. The van der Waals surface area contributed by atoms with Gasteiger partial charge in [-0.1, -0.05) is 35.5 Å². The van der Waals surface area contributed by atoms with Crippen LogP contribution >= 0.6 is 0 Å². The van der Waals surface area contributed by atoms with Crippen LogP contribution in [0.15, 0.2) is 78.2 Å². The highest BCUT2D eigenvalue weighted by Gasteiger charge is 2.32. The Hall–Kier alpha value is -4.40. The molecule has 178 valence electrons. The summed E-state index contributed by atoms with van der Waals surface area (Å²) in [4.78, 5) is 35.5. The molecule has 3 heterocycles. The molecule has 35 heavy (non-hydrogen) atoms. The molecular formula is C26H24N4O5. The van der Waals surface area contributed by atoms with Crippen LogP contribution in [0.1, 0.15) is 23.1 Å². The van der Waals surface area contributed by atoms with Crippen LogP contribution in [-0.2, 0) is 27.4 Å². The lowest BCUT2D eigenvalue weighted by atomic mass is 10.0. The molecule has 0 aliphatic carbocycles. The number of hydrogen-bond donors (Lipinski definition) is 2. The van der Waals surface area contributed by atoms with Gasteiger partial charge in [0, 0.05) is 37.3 Å². The van der Waals surface area contributed by atoms with Crippen LogP contribution in [0.4, 0.5) is 0 Å². The zero-order chi connectivity index (χ0) is 24.0. The Labute approximate surface area is 202 Å². The first-order valence-electron chi connectivity index (χ1n) is 11.3. The maximum absolute atomic E-state index is 13.0. The van der Waals surface area contributed by atoms with Gasteiger partial charge in [0.1, 0.15) is 6.04 Å². The third kappa shape index (κ3) is 5.40. The Morgan fingerprint density at radius 2 is 1.77 bits per heavy atom. The van der Waals surface area contributed by atoms with Crippen LogP contribution in [0.3, 0.4) is 0 Å². The molecule has 0 unspecified atom stereocenters. The van der Waals surface area contributed by atoms with Gasteiger partial charge in [0.05, 0.1) is 5.71 Å². The number of rotatable bonds is 8. The summed E-state index contributed by atoms with van der Waals surface area (Å²) in [6.07, 6.45) is 3.13. The van der Waals surface area contributed by atoms with Crippen molar-refractivity contribution in [3.05, 3.63) is 89.7 Å². The van der Waals surface area contributed by atoms with Crippen molar-refractivity contribution < 1.29 is 23.9 Å². The fraction of sp³-hybridized carbons (Fsp3) is 0.231. The molecular weight excluding hydrogens is 448 g/mol. The van der Waals surface area contributed by atoms with Gasteiger partial charge in [-0.2, -0.15) is 0 Å². The number of carbonyl (C=O) groups excluding carboxylic acids is 2. The Balaban J connectivity index is 1.23. The SMILES string of the molecule is O=C(NCc1ccncc1)[C@H](Cc1ccccc1)NC(=O)[C@@H]1CC(c2ccc3c(c2)OCO3)=NO1. The first-order chi connectivity index (χ1) is 17.2. The minimum absolute atomic E-state index is 0.179. The summed E-state index contributed by atoms with van der Waals surface area (Å²) in [6, 6.07) is 17.9. The summed E-state index contributed by atoms with van der Waals surface area (Å²) in [5.41, 5.74) is 3.27. The van der Waals surface area contributed by atoms with Gasteiger partial charge in [-0.15, -0.1) is 0 Å². The summed E-state index contributed by atoms with van der Waals surface area (Å²) >= 11 is 0. The quantitative estimate of drug-likeness (QED) is 0.521. The van der Waals surface area contributed by atoms with Crippen molar-refractivity contribution >= 4 is 17.5 Å². The van der Waals surface area contributed by atoms with E-state index in [0.29, 0.717) is 30.2 Å². The fourth-order valence-corrected chi connectivity index (χ4v) is 3.90. The Bertz CT molecular complexity index is 1230. The highest BCUT2D eigenvalue weighted by atomic mass is 16.7. The molecule has 2 aliphatic heterocycles. The van der Waals surface area contributed by atoms with E-state index >= 15 is 0 Å². The second-order valence-corrected chi connectivity index (χ2v) is 8.23. The summed E-state index contributed by atoms with van der Waals surface area (Å²) in [6.45, 7) is 0.513. The normalized spacial score (nSPS) is 16.7. The van der Waals surface area contributed by atoms with Crippen LogP contribution in [0.2, 0.25) is 0 Å². The lowest BCUT2D eigenvalue weighted by Crippen LogP contribution is -2.50. The van der Waals surface area contributed by atoms with Gasteiger partial charge in [0.25, 0.3) is 5.91 Å². The molecule has 2 aliphatic rings. The number of carbonyl (C=O) groups is 2. The molecule has 5 rings (SSSR count). The number of pyridine rings is 1. The fourth-order valence-electron chi connectivity index (χ4n) is 3.90. The van der Waals surface area contributed by atoms with Crippen molar-refractivity contribution in [3.8, 4) is 11.5 Å². The lowest BCUT2D eigenvalue weighted by molar-refractivity contribution is -0.135. The Morgan fingerprint density at radius 1 is 0.971 bits per heavy atom. The molecule has 2 aromatic carbocycles. The first-order valence-corrected chi connectivity index (χ1v) is 11.3. The van der Waals surface area contributed by atoms with E-state index in [1.165, 1.54) is 0 Å². The number of ether oxygens (including phenoxy) is 2. The molecule has 3 aromatic rings. The standard InChI is InChI=1S/C26H24N4O5/c31-25(28-15-18-8-10-27-11-9-18)21(12-17-4-2-1-3-5-17)29-26(32)24-14-20(30-35-24)19-6-7-22-23(13-19)34-16-33-22/h1-11,13,21,24H,12,14-16H2,(H,28,31)(H,29,32)/t21-,24-/m0/s1. The minimum Gasteiger partial charge on any atom is -0.454 e. The summed E-state index contributed by atoms with van der Waals surface area (Å²) in [7, 11) is 0. The van der Waals surface area contributed by atoms with Crippen molar-refractivity contribution in [2.75, 3.05) is 6.79 Å². The molecule has 0 bridgehead atoms. The van der Waals surface area contributed by atoms with Gasteiger partial charge in [-0.05, 0) is 41.5 Å². The smallest absolute Gasteiger partial charge is 0.265 e. The van der Waals surface area contributed by atoms with Crippen molar-refractivity contribution in [3.63, 3.8) is 0 Å². The molecule has 0 spiro atoms. The summed E-state index contributed by atoms with van der Waals surface area (Å²) < 4.78 is 10.8. The van der Waals surface area contributed by atoms with Gasteiger partial charge in [-0.3, -0.25) is 14.6 Å². The first kappa shape index (κ1) is 22.4. The van der Waals surface area contributed by atoms with E-state index in [0.717, 1.165) is 16.7 Å². The molecule has 0 saturated heterocycles. The summed E-state index contributed by atoms with van der Waals surface area (Å²) in [5, 5.41) is 9.85. The highest BCUT2D eigenvalue weighted by molar-refractivity contribution is 6.04. The average molecular weight is 473 g/mol. The largest absolute Gasteiger partial charge is 0.454 e. The van der Waals surface area contributed by atoms with Crippen LogP contribution in [0, 0.1) is 0 Å². The zero-order valence-electron chi connectivity index (χ0n) is 18.8. The van der Waals surface area contributed by atoms with Crippen molar-refractivity contribution in [2.45, 2.75) is 31.5 Å². The van der Waals surface area contributed by atoms with Crippen LogP contribution in [0.5, 0.6) is 11.5 Å². The average Bonchev–Trinajstić information content (AvgIpc) is 3.58. The molecule has 0 saturated carbocycles. The Kier molecular flexibility index (Phi) is 6.56. The van der Waals surface area contributed by atoms with Crippen LogP contribution in [0.25, 0.3) is 0 Å². The molecule has 2 atom stereocenters. The monoisotopic (exact) mass is 472 g/mol. The number of nitrogens with zero attached hydrogens (tertiary/aromatic N) is 2. The lowest BCUT2D eigenvalue weighted by Gasteiger charge is -2.20. The molecule has 0 radical (unpaired) electrons. The van der Waals surface area contributed by atoms with Crippen molar-refractivity contribution in [1.29, 1.82) is 0 Å². The molecule has 2 amide bonds. The molecule has 2 N–H and O–H groups in total. The molecule has 0 fully saturated rings. The third-order valence-electron chi connectivity index (χ3n) is 5.80. The van der Waals surface area contributed by atoms with Gasteiger partial charge >= 0.3 is 0 Å². The number of nitrogens with one attached hydrogen (secondary N) is 2. The molecule has 1 aromatic heterocycles. The number of aromatic nitrogens is 1. The third-order valence-corrected chi connectivity index (χ3v) is 5.80. The number of benzene rings is 2. The number of amides is 2. The number of fused-ring (bicyclic) bond motifs is 1. The van der Waals surface area contributed by atoms with E-state index in [2.05, 4.69) is 20.8 Å². The number of oxime groups is 1. The van der Waals surface area contributed by atoms with Crippen LogP contribution < -0.4 is 20.1 Å². The maximum Gasteiger partial charge on any atom is 0.265 e. The zero-order valence-corrected chi connectivity index (χ0v) is 18.8. The number of hydrogen-bond acceptors (Lipinski definition) is 7.